The molecule has 5 fully saturated rings. The Bertz CT molecular complexity index is 1510. The molecule has 0 aliphatic heterocycles. The number of ketones is 1. The van der Waals surface area contributed by atoms with Gasteiger partial charge in [-0.3, -0.25) is 19.4 Å². The predicted octanol–water partition coefficient (Wildman–Crippen LogP) is 10.2. The first-order chi connectivity index (χ1) is 23.2. The van der Waals surface area contributed by atoms with Crippen LogP contribution in [0.4, 0.5) is 0 Å². The Labute approximate surface area is 302 Å². The maximum Gasteiger partial charge on any atom is 0.309 e. The van der Waals surface area contributed by atoms with Crippen LogP contribution in [-0.2, 0) is 19.1 Å². The Balaban J connectivity index is 1.26. The Morgan fingerprint density at radius 1 is 0.940 bits per heavy atom. The second-order valence-electron chi connectivity index (χ2n) is 19.8. The van der Waals surface area contributed by atoms with Crippen molar-refractivity contribution in [2.75, 3.05) is 0 Å². The van der Waals surface area contributed by atoms with Crippen molar-refractivity contribution in [3.8, 4) is 0 Å². The second-order valence-corrected chi connectivity index (χ2v) is 19.8. The lowest BCUT2D eigenvalue weighted by Gasteiger charge is -2.73. The number of carboxylic acid groups (broad SMARTS) is 1. The van der Waals surface area contributed by atoms with Gasteiger partial charge in [0.1, 0.15) is 11.9 Å². The molecule has 1 aromatic heterocycles. The molecule has 0 bridgehead atoms. The van der Waals surface area contributed by atoms with Crippen LogP contribution in [0, 0.1) is 62.1 Å². The average molecular weight is 688 g/mol. The number of Topliss-reactive ketones (excluding diaryl/α,β-unsaturated/α-hetero) is 1. The Hall–Kier alpha value is -2.50. The number of carbonyl (C=O) groups is 3. The molecule has 0 aromatic carbocycles. The van der Waals surface area contributed by atoms with Crippen molar-refractivity contribution >= 4 is 17.7 Å². The number of pyridine rings is 1. The van der Waals surface area contributed by atoms with Crippen LogP contribution in [0.3, 0.4) is 0 Å². The number of carboxylic acids is 1. The molecule has 0 spiro atoms. The maximum absolute atomic E-state index is 14.7. The molecule has 6 heteroatoms. The number of rotatable bonds is 9. The molecule has 11 atom stereocenters. The molecule has 1 aromatic rings. The predicted molar refractivity (Wildman–Crippen MR) is 197 cm³/mol. The maximum atomic E-state index is 14.7. The van der Waals surface area contributed by atoms with Gasteiger partial charge in [-0.1, -0.05) is 59.8 Å². The van der Waals surface area contributed by atoms with Crippen LogP contribution in [0.25, 0.3) is 0 Å². The Kier molecular flexibility index (Phi) is 9.37. The van der Waals surface area contributed by atoms with Gasteiger partial charge in [-0.05, 0) is 143 Å². The summed E-state index contributed by atoms with van der Waals surface area (Å²) < 4.78 is 6.18. The third-order valence-corrected chi connectivity index (χ3v) is 16.7. The van der Waals surface area contributed by atoms with E-state index in [0.29, 0.717) is 41.8 Å². The lowest BCUT2D eigenvalue weighted by Crippen LogP contribution is -2.67. The smallest absolute Gasteiger partial charge is 0.309 e. The van der Waals surface area contributed by atoms with E-state index in [0.717, 1.165) is 57.1 Å². The molecule has 276 valence electrons. The molecule has 4 unspecified atom stereocenters. The number of hydrogen-bond acceptors (Lipinski definition) is 5. The third-order valence-electron chi connectivity index (χ3n) is 16.7. The molecule has 50 heavy (non-hydrogen) atoms. The zero-order valence-corrected chi connectivity index (χ0v) is 32.6. The molecule has 6 rings (SSSR count). The summed E-state index contributed by atoms with van der Waals surface area (Å²) in [4.78, 5) is 44.1. The van der Waals surface area contributed by atoms with Crippen molar-refractivity contribution < 1.29 is 24.2 Å². The molecule has 5 aliphatic rings. The van der Waals surface area contributed by atoms with E-state index in [2.05, 4.69) is 66.1 Å². The fourth-order valence-corrected chi connectivity index (χ4v) is 13.7. The minimum Gasteiger partial charge on any atom is -0.481 e. The zero-order chi connectivity index (χ0) is 36.7. The van der Waals surface area contributed by atoms with Gasteiger partial charge in [0.2, 0.25) is 0 Å². The molecule has 0 saturated heterocycles. The number of nitrogens with zero attached hydrogens (tertiary/aromatic N) is 1. The van der Waals surface area contributed by atoms with E-state index in [1.54, 1.807) is 13.8 Å². The number of fused-ring (bicyclic) bond motifs is 7. The van der Waals surface area contributed by atoms with Gasteiger partial charge in [0, 0.05) is 35.1 Å². The van der Waals surface area contributed by atoms with Crippen molar-refractivity contribution in [2.45, 2.75) is 151 Å². The number of ether oxygens (including phenoxy) is 1. The van der Waals surface area contributed by atoms with Crippen LogP contribution >= 0.6 is 0 Å². The highest BCUT2D eigenvalue weighted by Crippen LogP contribution is 2.77. The summed E-state index contributed by atoms with van der Waals surface area (Å²) in [5.41, 5.74) is 1.08. The molecular formula is C44H65NO5. The first-order valence-corrected chi connectivity index (χ1v) is 19.8. The van der Waals surface area contributed by atoms with Crippen molar-refractivity contribution in [3.63, 3.8) is 0 Å². The van der Waals surface area contributed by atoms with E-state index in [4.69, 9.17) is 4.74 Å². The monoisotopic (exact) mass is 687 g/mol. The highest BCUT2D eigenvalue weighted by molar-refractivity contribution is 5.86. The quantitative estimate of drug-likeness (QED) is 0.205. The molecule has 5 aliphatic carbocycles. The minimum atomic E-state index is -1.15. The van der Waals surface area contributed by atoms with E-state index >= 15 is 0 Å². The van der Waals surface area contributed by atoms with Gasteiger partial charge in [-0.15, -0.1) is 0 Å². The second kappa shape index (κ2) is 12.6. The summed E-state index contributed by atoms with van der Waals surface area (Å²) in [5.74, 6) is 1.44. The van der Waals surface area contributed by atoms with Crippen LogP contribution in [0.1, 0.15) is 151 Å². The number of aromatic nitrogens is 1. The fraction of sp³-hybridized carbons (Fsp3) is 0.773. The molecule has 0 radical (unpaired) electrons. The van der Waals surface area contributed by atoms with Gasteiger partial charge >= 0.3 is 11.9 Å². The number of aliphatic carboxylic acids is 1. The van der Waals surface area contributed by atoms with Crippen molar-refractivity contribution in [1.82, 2.24) is 4.98 Å². The van der Waals surface area contributed by atoms with E-state index < -0.39 is 17.4 Å². The summed E-state index contributed by atoms with van der Waals surface area (Å²) in [6.45, 7) is 24.5. The summed E-state index contributed by atoms with van der Waals surface area (Å²) in [5, 5.41) is 9.60. The van der Waals surface area contributed by atoms with Crippen LogP contribution in [0.5, 0.6) is 0 Å². The van der Waals surface area contributed by atoms with Gasteiger partial charge in [-0.2, -0.15) is 0 Å². The van der Waals surface area contributed by atoms with Crippen LogP contribution in [-0.4, -0.2) is 33.9 Å². The molecule has 6 nitrogen and oxygen atoms in total. The molecule has 1 N–H and O–H groups in total. The highest BCUT2D eigenvalue weighted by atomic mass is 16.5. The first kappa shape index (κ1) is 37.3. The number of allylic oxidation sites excluding steroid dienone is 1. The van der Waals surface area contributed by atoms with E-state index in [-0.39, 0.29) is 45.5 Å². The van der Waals surface area contributed by atoms with Gasteiger partial charge in [0.15, 0.2) is 0 Å². The van der Waals surface area contributed by atoms with Gasteiger partial charge in [-0.25, -0.2) is 0 Å². The average Bonchev–Trinajstić information content (AvgIpc) is 3.44. The normalized spacial score (nSPS) is 41.1. The van der Waals surface area contributed by atoms with Crippen molar-refractivity contribution in [2.24, 2.45) is 62.1 Å². The molecule has 5 saturated carbocycles. The zero-order valence-electron chi connectivity index (χ0n) is 32.6. The number of esters is 1. The summed E-state index contributed by atoms with van der Waals surface area (Å²) in [6, 6.07) is 6.04. The summed E-state index contributed by atoms with van der Waals surface area (Å²) in [6.07, 6.45) is 12.7. The minimum absolute atomic E-state index is 0.112. The Morgan fingerprint density at radius 3 is 2.30 bits per heavy atom. The number of hydrogen-bond donors (Lipinski definition) is 1. The summed E-state index contributed by atoms with van der Waals surface area (Å²) >= 11 is 0. The van der Waals surface area contributed by atoms with Gasteiger partial charge in [0.05, 0.1) is 11.8 Å². The highest BCUT2D eigenvalue weighted by Gasteiger charge is 2.72. The first-order valence-electron chi connectivity index (χ1n) is 19.8. The number of carbonyl (C=O) groups excluding carboxylic acids is 2. The van der Waals surface area contributed by atoms with Crippen LogP contribution < -0.4 is 0 Å². The molecular weight excluding hydrogens is 622 g/mol. The van der Waals surface area contributed by atoms with Crippen molar-refractivity contribution in [1.29, 1.82) is 0 Å². The van der Waals surface area contributed by atoms with Gasteiger partial charge in [0.25, 0.3) is 0 Å². The Morgan fingerprint density at radius 2 is 1.66 bits per heavy atom. The van der Waals surface area contributed by atoms with E-state index in [1.165, 1.54) is 18.4 Å². The lowest BCUT2D eigenvalue weighted by molar-refractivity contribution is -0.249. The van der Waals surface area contributed by atoms with Gasteiger partial charge < -0.3 is 9.84 Å². The van der Waals surface area contributed by atoms with Crippen LogP contribution in [0.2, 0.25) is 0 Å². The fourth-order valence-electron chi connectivity index (χ4n) is 13.7. The topological polar surface area (TPSA) is 93.6 Å². The lowest BCUT2D eigenvalue weighted by atomic mass is 9.32. The third kappa shape index (κ3) is 5.54. The molecule has 1 heterocycles. The van der Waals surface area contributed by atoms with E-state index in [1.807, 2.05) is 18.3 Å². The van der Waals surface area contributed by atoms with E-state index in [9.17, 15) is 19.5 Å². The molecule has 0 amide bonds. The van der Waals surface area contributed by atoms with Crippen LogP contribution in [0.15, 0.2) is 36.5 Å². The summed E-state index contributed by atoms with van der Waals surface area (Å²) in [7, 11) is 0. The standard InChI is InChI=1S/C44H65NO5/c1-27(2)29-16-21-44(34(46)25-28(3)31-13-11-12-24-45-31)23-22-42(9)30(37(29)44)14-15-33-41(8)19-18-35(50-36(47)26-39(4,5)38(48)49)40(6,7)32(41)17-20-43(33,42)10/h11-13,24,28-30,32-33,35,37H,1,14-23,25-26H2,2-10H3,(H,48,49)/t28-,29+,30?,32?,33?,35+,37?,41+,42-,43-,44-/m1/s1. The largest absolute Gasteiger partial charge is 0.481 e. The SMILES string of the molecule is C=C(C)[C@@H]1CC[C@]2(C(=O)C[C@@H](C)c3ccccn3)CC[C@]3(C)C(CCC4[C@@]5(C)CC[C@H](OC(=O)CC(C)(C)C(=O)O)C(C)(C)C5CC[C@]43C)C12. The van der Waals surface area contributed by atoms with Crippen molar-refractivity contribution in [3.05, 3.63) is 42.2 Å².